The number of nitrogens with zero attached hydrogens (tertiary/aromatic N) is 3. The van der Waals surface area contributed by atoms with Gasteiger partial charge in [0.1, 0.15) is 22.7 Å². The molecule has 0 saturated heterocycles. The number of nitrogens with one attached hydrogen (secondary N) is 1. The topological polar surface area (TPSA) is 87.6 Å². The van der Waals surface area contributed by atoms with E-state index in [4.69, 9.17) is 14.9 Å². The van der Waals surface area contributed by atoms with Crippen LogP contribution in [-0.4, -0.2) is 35.2 Å². The van der Waals surface area contributed by atoms with Crippen molar-refractivity contribution in [2.45, 2.75) is 46.5 Å². The van der Waals surface area contributed by atoms with Gasteiger partial charge in [-0.3, -0.25) is 4.79 Å². The molecular formula is C43H42N4O3. The van der Waals surface area contributed by atoms with Gasteiger partial charge in [-0.05, 0) is 64.8 Å². The first-order chi connectivity index (χ1) is 23.8. The Balaban J connectivity index is 1.45. The molecule has 0 saturated carbocycles. The Morgan fingerprint density at radius 2 is 1.44 bits per heavy atom. The molecule has 50 heavy (non-hydrogen) atoms. The van der Waals surface area contributed by atoms with Gasteiger partial charge in [0, 0.05) is 59.7 Å². The van der Waals surface area contributed by atoms with Gasteiger partial charge in [0.05, 0.1) is 11.3 Å². The van der Waals surface area contributed by atoms with E-state index in [1.54, 1.807) is 6.07 Å². The van der Waals surface area contributed by atoms with Crippen LogP contribution < -0.4 is 15.0 Å². The minimum atomic E-state index is -0.125. The number of ketones is 1. The molecule has 0 radical (unpaired) electrons. The molecule has 0 bridgehead atoms. The minimum Gasteiger partial charge on any atom is -0.507 e. The van der Waals surface area contributed by atoms with Crippen molar-refractivity contribution in [2.75, 3.05) is 24.3 Å². The Bertz CT molecular complexity index is 2250. The number of carbonyl (C=O) groups is 1. The first kappa shape index (κ1) is 32.8. The first-order valence-corrected chi connectivity index (χ1v) is 16.9. The van der Waals surface area contributed by atoms with Gasteiger partial charge in [-0.15, -0.1) is 10.2 Å². The molecule has 1 aliphatic carbocycles. The summed E-state index contributed by atoms with van der Waals surface area (Å²) in [5.74, 6) is 1.05. The van der Waals surface area contributed by atoms with Crippen LogP contribution in [0.1, 0.15) is 62.5 Å². The molecule has 1 aromatic heterocycles. The van der Waals surface area contributed by atoms with E-state index in [-0.39, 0.29) is 22.4 Å². The fourth-order valence-corrected chi connectivity index (χ4v) is 7.36. The van der Waals surface area contributed by atoms with Crippen LogP contribution in [0.15, 0.2) is 103 Å². The fourth-order valence-electron chi connectivity index (χ4n) is 7.36. The van der Waals surface area contributed by atoms with Crippen molar-refractivity contribution in [1.29, 1.82) is 0 Å². The van der Waals surface area contributed by atoms with Crippen molar-refractivity contribution < 1.29 is 14.6 Å². The third-order valence-electron chi connectivity index (χ3n) is 9.31. The fraction of sp³-hybridized carbons (Fsp3) is 0.233. The average molecular weight is 663 g/mol. The van der Waals surface area contributed by atoms with Gasteiger partial charge in [0.15, 0.2) is 11.5 Å². The number of ether oxygens (including phenoxy) is 1. The summed E-state index contributed by atoms with van der Waals surface area (Å²) in [4.78, 5) is 16.4. The third-order valence-corrected chi connectivity index (χ3v) is 9.31. The quantitative estimate of drug-likeness (QED) is 0.167. The van der Waals surface area contributed by atoms with Crippen LogP contribution in [0.4, 0.5) is 17.1 Å². The summed E-state index contributed by atoms with van der Waals surface area (Å²) in [7, 11) is 3.84. The van der Waals surface area contributed by atoms with Crippen LogP contribution in [-0.2, 0) is 5.41 Å². The lowest BCUT2D eigenvalue weighted by Gasteiger charge is -2.33. The molecule has 7 heteroatoms. The Morgan fingerprint density at radius 3 is 2.10 bits per heavy atom. The highest BCUT2D eigenvalue weighted by Crippen LogP contribution is 2.50. The molecule has 0 atom stereocenters. The van der Waals surface area contributed by atoms with E-state index in [9.17, 15) is 9.90 Å². The number of phenols is 1. The molecule has 252 valence electrons. The normalized spacial score (nSPS) is 12.5. The molecule has 0 spiro atoms. The smallest absolute Gasteiger partial charge is 0.196 e. The summed E-state index contributed by atoms with van der Waals surface area (Å²) in [6.07, 6.45) is 1.03. The second-order valence-electron chi connectivity index (χ2n) is 15.2. The molecule has 7 nitrogen and oxygen atoms in total. The van der Waals surface area contributed by atoms with Gasteiger partial charge in [0.2, 0.25) is 0 Å². The standard InChI is InChI=1S/C43H42N4O3/c1-42(2,3)25-43(4,5)26-17-20-29(21-18-26)50-35-24-33(44-27-13-9-8-10-14-27)37-38-36(30-15-11-12-16-31(30)41(37)49)39(45-46-40(35)38)32-22-19-28(47(6)7)23-34(32)48/h8-24,44,48H,25H2,1-7H3. The molecule has 0 aliphatic heterocycles. The molecule has 7 rings (SSSR count). The number of rotatable bonds is 8. The third kappa shape index (κ3) is 6.04. The van der Waals surface area contributed by atoms with Gasteiger partial charge < -0.3 is 20.1 Å². The Labute approximate surface area is 293 Å². The lowest BCUT2D eigenvalue weighted by molar-refractivity contribution is 0.104. The SMILES string of the molecule is CN(C)c1ccc(-c2nnc3c(Oc4ccc(C(C)(C)CC(C)(C)C)cc4)cc(Nc4ccccc4)c4c3c2-c2ccccc2C4=O)c(O)c1. The molecule has 0 fully saturated rings. The molecule has 0 unspecified atom stereocenters. The van der Waals surface area contributed by atoms with Gasteiger partial charge in [0.25, 0.3) is 0 Å². The van der Waals surface area contributed by atoms with Crippen molar-refractivity contribution in [2.24, 2.45) is 5.41 Å². The maximum absolute atomic E-state index is 14.5. The molecule has 2 N–H and O–H groups in total. The van der Waals surface area contributed by atoms with Gasteiger partial charge in [-0.2, -0.15) is 0 Å². The average Bonchev–Trinajstić information content (AvgIpc) is 3.07. The van der Waals surface area contributed by atoms with Crippen LogP contribution >= 0.6 is 0 Å². The number of hydrogen-bond donors (Lipinski definition) is 2. The van der Waals surface area contributed by atoms with E-state index in [1.807, 2.05) is 104 Å². The number of para-hydroxylation sites is 1. The molecule has 1 aliphatic rings. The monoisotopic (exact) mass is 662 g/mol. The molecule has 0 amide bonds. The number of carbonyl (C=O) groups excluding carboxylic acids is 1. The lowest BCUT2D eigenvalue weighted by Crippen LogP contribution is -2.24. The Kier molecular flexibility index (Phi) is 8.10. The summed E-state index contributed by atoms with van der Waals surface area (Å²) < 4.78 is 6.64. The highest BCUT2D eigenvalue weighted by atomic mass is 16.5. The molecular weight excluding hydrogens is 620 g/mol. The van der Waals surface area contributed by atoms with Gasteiger partial charge in [-0.1, -0.05) is 89.2 Å². The minimum absolute atomic E-state index is 0.0181. The second kappa shape index (κ2) is 12.3. The Hall–Kier alpha value is -5.69. The molecule has 1 heterocycles. The Morgan fingerprint density at radius 1 is 0.760 bits per heavy atom. The van der Waals surface area contributed by atoms with Crippen LogP contribution in [0, 0.1) is 5.41 Å². The molecule has 6 aromatic rings. The zero-order valence-corrected chi connectivity index (χ0v) is 29.6. The summed E-state index contributed by atoms with van der Waals surface area (Å²) in [6.45, 7) is 11.3. The maximum Gasteiger partial charge on any atom is 0.196 e. The predicted octanol–water partition coefficient (Wildman–Crippen LogP) is 10.5. The maximum atomic E-state index is 14.5. The number of phenolic OH excluding ortho intramolecular Hbond substituents is 1. The largest absolute Gasteiger partial charge is 0.507 e. The zero-order chi connectivity index (χ0) is 35.4. The summed E-state index contributed by atoms with van der Waals surface area (Å²) in [5.41, 5.74) is 7.60. The van der Waals surface area contributed by atoms with Gasteiger partial charge in [-0.25, -0.2) is 0 Å². The molecule has 5 aromatic carbocycles. The second-order valence-corrected chi connectivity index (χ2v) is 15.2. The van der Waals surface area contributed by atoms with Crippen LogP contribution in [0.25, 0.3) is 33.3 Å². The van der Waals surface area contributed by atoms with Crippen molar-refractivity contribution in [3.8, 4) is 39.6 Å². The summed E-state index contributed by atoms with van der Waals surface area (Å²) in [5, 5.41) is 24.9. The van der Waals surface area contributed by atoms with E-state index in [1.165, 1.54) is 5.56 Å². The van der Waals surface area contributed by atoms with E-state index < -0.39 is 0 Å². The first-order valence-electron chi connectivity index (χ1n) is 16.9. The van der Waals surface area contributed by atoms with Gasteiger partial charge >= 0.3 is 0 Å². The van der Waals surface area contributed by atoms with E-state index in [0.717, 1.165) is 23.4 Å². The highest BCUT2D eigenvalue weighted by molar-refractivity contribution is 6.30. The highest BCUT2D eigenvalue weighted by Gasteiger charge is 2.34. The zero-order valence-electron chi connectivity index (χ0n) is 29.6. The number of aromatic hydroxyl groups is 1. The van der Waals surface area contributed by atoms with E-state index >= 15 is 0 Å². The lowest BCUT2D eigenvalue weighted by atomic mass is 9.72. The van der Waals surface area contributed by atoms with Crippen molar-refractivity contribution >= 4 is 33.7 Å². The van der Waals surface area contributed by atoms with E-state index in [2.05, 4.69) is 52.1 Å². The van der Waals surface area contributed by atoms with Crippen molar-refractivity contribution in [3.63, 3.8) is 0 Å². The van der Waals surface area contributed by atoms with Crippen LogP contribution in [0.2, 0.25) is 0 Å². The number of hydrogen-bond acceptors (Lipinski definition) is 7. The number of benzene rings is 5. The van der Waals surface area contributed by atoms with Crippen molar-refractivity contribution in [3.05, 3.63) is 120 Å². The van der Waals surface area contributed by atoms with Crippen LogP contribution in [0.3, 0.4) is 0 Å². The predicted molar refractivity (Wildman–Crippen MR) is 203 cm³/mol. The number of fused-ring (bicyclic) bond motifs is 2. The van der Waals surface area contributed by atoms with E-state index in [0.29, 0.717) is 56.0 Å². The van der Waals surface area contributed by atoms with Crippen LogP contribution in [0.5, 0.6) is 17.2 Å². The number of anilines is 3. The van der Waals surface area contributed by atoms with Crippen molar-refractivity contribution in [1.82, 2.24) is 10.2 Å². The summed E-state index contributed by atoms with van der Waals surface area (Å²) >= 11 is 0. The number of aromatic nitrogens is 2. The summed E-state index contributed by atoms with van der Waals surface area (Å²) in [6, 6.07) is 32.9.